The Morgan fingerprint density at radius 1 is 0.667 bits per heavy atom. The van der Waals surface area contributed by atoms with Crippen LogP contribution in [-0.2, 0) is 5.60 Å². The van der Waals surface area contributed by atoms with Crippen molar-refractivity contribution in [2.75, 3.05) is 0 Å². The number of rotatable bonds is 5. The Morgan fingerprint density at radius 2 is 1.08 bits per heavy atom. The molecule has 0 aliphatic heterocycles. The first-order valence-electron chi connectivity index (χ1n) is 7.96. The second-order valence-electron chi connectivity index (χ2n) is 5.71. The summed E-state index contributed by atoms with van der Waals surface area (Å²) in [7, 11) is 0. The molecule has 2 N–H and O–H groups in total. The lowest BCUT2D eigenvalue weighted by Gasteiger charge is -2.32. The highest BCUT2D eigenvalue weighted by molar-refractivity contribution is 5.51. The third-order valence-electron chi connectivity index (χ3n) is 4.13. The van der Waals surface area contributed by atoms with E-state index in [9.17, 15) is 10.2 Å². The highest BCUT2D eigenvalue weighted by Crippen LogP contribution is 2.33. The third-order valence-corrected chi connectivity index (χ3v) is 4.13. The van der Waals surface area contributed by atoms with Crippen LogP contribution < -0.4 is 0 Å². The van der Waals surface area contributed by atoms with Crippen molar-refractivity contribution in [2.24, 2.45) is 0 Å². The van der Waals surface area contributed by atoms with Crippen LogP contribution in [0.3, 0.4) is 0 Å². The van der Waals surface area contributed by atoms with E-state index in [2.05, 4.69) is 0 Å². The van der Waals surface area contributed by atoms with Gasteiger partial charge in [0.25, 0.3) is 0 Å². The predicted octanol–water partition coefficient (Wildman–Crippen LogP) is 4.00. The minimum atomic E-state index is -1.51. The van der Waals surface area contributed by atoms with Crippen LogP contribution in [0.2, 0.25) is 0 Å². The molecule has 0 aliphatic carbocycles. The van der Waals surface area contributed by atoms with Crippen LogP contribution in [0.1, 0.15) is 16.7 Å². The molecule has 1 unspecified atom stereocenters. The van der Waals surface area contributed by atoms with E-state index in [1.165, 1.54) is 0 Å². The molecule has 0 bridgehead atoms. The normalized spacial score (nSPS) is 13.1. The minimum absolute atomic E-state index is 0.654. The van der Waals surface area contributed by atoms with Crippen molar-refractivity contribution >= 4 is 6.08 Å². The van der Waals surface area contributed by atoms with E-state index in [0.29, 0.717) is 11.1 Å². The lowest BCUT2D eigenvalue weighted by Crippen LogP contribution is -2.39. The number of aliphatic hydroxyl groups is 2. The number of benzene rings is 3. The van der Waals surface area contributed by atoms with E-state index in [1.54, 1.807) is 6.08 Å². The van der Waals surface area contributed by atoms with Crippen LogP contribution in [0.25, 0.3) is 6.08 Å². The first-order chi connectivity index (χ1) is 11.7. The first-order valence-corrected chi connectivity index (χ1v) is 7.96. The lowest BCUT2D eigenvalue weighted by atomic mass is 9.81. The summed E-state index contributed by atoms with van der Waals surface area (Å²) >= 11 is 0. The van der Waals surface area contributed by atoms with E-state index >= 15 is 0 Å². The molecule has 24 heavy (non-hydrogen) atoms. The highest BCUT2D eigenvalue weighted by Gasteiger charge is 2.37. The van der Waals surface area contributed by atoms with Crippen LogP contribution in [0, 0.1) is 0 Å². The minimum Gasteiger partial charge on any atom is -0.385 e. The van der Waals surface area contributed by atoms with Gasteiger partial charge in [0.2, 0.25) is 0 Å². The molecule has 3 aromatic rings. The van der Waals surface area contributed by atoms with Crippen LogP contribution in [-0.4, -0.2) is 16.3 Å². The average molecular weight is 316 g/mol. The van der Waals surface area contributed by atoms with Gasteiger partial charge in [-0.15, -0.1) is 0 Å². The molecule has 2 heteroatoms. The summed E-state index contributed by atoms with van der Waals surface area (Å²) in [5, 5.41) is 22.2. The summed E-state index contributed by atoms with van der Waals surface area (Å²) in [5.41, 5.74) is 0.774. The average Bonchev–Trinajstić information content (AvgIpc) is 2.67. The number of hydrogen-bond acceptors (Lipinski definition) is 2. The van der Waals surface area contributed by atoms with Gasteiger partial charge in [-0.05, 0) is 16.7 Å². The van der Waals surface area contributed by atoms with Crippen molar-refractivity contribution in [2.45, 2.75) is 11.7 Å². The van der Waals surface area contributed by atoms with Gasteiger partial charge in [0.15, 0.2) is 0 Å². The molecule has 0 fully saturated rings. The summed E-state index contributed by atoms with van der Waals surface area (Å²) in [4.78, 5) is 0. The summed E-state index contributed by atoms with van der Waals surface area (Å²) < 4.78 is 0. The van der Waals surface area contributed by atoms with Crippen LogP contribution >= 0.6 is 0 Å². The second-order valence-corrected chi connectivity index (χ2v) is 5.71. The van der Waals surface area contributed by atoms with Gasteiger partial charge < -0.3 is 10.2 Å². The highest BCUT2D eigenvalue weighted by atomic mass is 16.3. The number of hydrogen-bond donors (Lipinski definition) is 2. The maximum Gasteiger partial charge on any atom is 0.144 e. The van der Waals surface area contributed by atoms with Crippen LogP contribution in [0.15, 0.2) is 97.1 Å². The predicted molar refractivity (Wildman–Crippen MR) is 97.4 cm³/mol. The molecule has 0 heterocycles. The Balaban J connectivity index is 2.00. The topological polar surface area (TPSA) is 40.5 Å². The van der Waals surface area contributed by atoms with Crippen molar-refractivity contribution < 1.29 is 10.2 Å². The molecule has 3 aromatic carbocycles. The fourth-order valence-corrected chi connectivity index (χ4v) is 2.80. The summed E-state index contributed by atoms with van der Waals surface area (Å²) in [5.74, 6) is 0. The molecule has 0 saturated carbocycles. The summed E-state index contributed by atoms with van der Waals surface area (Å²) in [6.07, 6.45) is 2.37. The molecule has 0 amide bonds. The Hall–Kier alpha value is -2.68. The van der Waals surface area contributed by atoms with E-state index in [1.807, 2.05) is 97.1 Å². The van der Waals surface area contributed by atoms with Crippen LogP contribution in [0.4, 0.5) is 0 Å². The SMILES string of the molecule is OC(/C=C/c1ccccc1)C(O)(c1ccccc1)c1ccccc1. The molecule has 3 rings (SSSR count). The maximum atomic E-state index is 11.4. The van der Waals surface area contributed by atoms with Gasteiger partial charge in [-0.25, -0.2) is 0 Å². The van der Waals surface area contributed by atoms with Gasteiger partial charge in [-0.2, -0.15) is 0 Å². The second kappa shape index (κ2) is 7.26. The molecule has 0 aliphatic rings. The Labute approximate surface area is 142 Å². The van der Waals surface area contributed by atoms with E-state index in [-0.39, 0.29) is 0 Å². The first kappa shape index (κ1) is 16.2. The van der Waals surface area contributed by atoms with Crippen molar-refractivity contribution in [3.63, 3.8) is 0 Å². The Morgan fingerprint density at radius 3 is 1.54 bits per heavy atom. The standard InChI is InChI=1S/C22H20O2/c23-21(17-16-18-10-4-1-5-11-18)22(24,19-12-6-2-7-13-19)20-14-8-3-9-15-20/h1-17,21,23-24H/b17-16+. The summed E-state index contributed by atoms with van der Waals surface area (Å²) in [6, 6.07) is 28.2. The monoisotopic (exact) mass is 316 g/mol. The smallest absolute Gasteiger partial charge is 0.144 e. The van der Waals surface area contributed by atoms with E-state index in [0.717, 1.165) is 5.56 Å². The van der Waals surface area contributed by atoms with Gasteiger partial charge in [0.05, 0.1) is 0 Å². The van der Waals surface area contributed by atoms with E-state index < -0.39 is 11.7 Å². The van der Waals surface area contributed by atoms with Gasteiger partial charge >= 0.3 is 0 Å². The number of aliphatic hydroxyl groups excluding tert-OH is 1. The molecule has 0 saturated heterocycles. The molecule has 120 valence electrons. The molecule has 2 nitrogen and oxygen atoms in total. The molecule has 0 spiro atoms. The zero-order valence-corrected chi connectivity index (χ0v) is 13.3. The Bertz CT molecular complexity index is 740. The quantitative estimate of drug-likeness (QED) is 0.747. The summed E-state index contributed by atoms with van der Waals surface area (Å²) in [6.45, 7) is 0. The van der Waals surface area contributed by atoms with Crippen molar-refractivity contribution in [3.05, 3.63) is 114 Å². The fourth-order valence-electron chi connectivity index (χ4n) is 2.80. The van der Waals surface area contributed by atoms with Crippen molar-refractivity contribution in [3.8, 4) is 0 Å². The van der Waals surface area contributed by atoms with Crippen molar-refractivity contribution in [1.29, 1.82) is 0 Å². The van der Waals surface area contributed by atoms with E-state index in [4.69, 9.17) is 0 Å². The maximum absolute atomic E-state index is 11.4. The lowest BCUT2D eigenvalue weighted by molar-refractivity contribution is -0.0238. The molecule has 0 radical (unpaired) electrons. The zero-order chi connectivity index (χ0) is 16.8. The molecule has 0 aromatic heterocycles. The fraction of sp³-hybridized carbons (Fsp3) is 0.0909. The zero-order valence-electron chi connectivity index (χ0n) is 13.3. The molecular formula is C22H20O2. The van der Waals surface area contributed by atoms with Gasteiger partial charge in [0.1, 0.15) is 11.7 Å². The molecule has 1 atom stereocenters. The van der Waals surface area contributed by atoms with Gasteiger partial charge in [0, 0.05) is 0 Å². The van der Waals surface area contributed by atoms with Gasteiger partial charge in [-0.3, -0.25) is 0 Å². The van der Waals surface area contributed by atoms with Crippen LogP contribution in [0.5, 0.6) is 0 Å². The molecular weight excluding hydrogens is 296 g/mol. The van der Waals surface area contributed by atoms with Crippen molar-refractivity contribution in [1.82, 2.24) is 0 Å². The third kappa shape index (κ3) is 3.30. The van der Waals surface area contributed by atoms with Gasteiger partial charge in [-0.1, -0.05) is 103 Å². The Kier molecular flexibility index (Phi) is 4.90. The largest absolute Gasteiger partial charge is 0.385 e.